The second-order valence-electron chi connectivity index (χ2n) is 6.38. The van der Waals surface area contributed by atoms with E-state index in [-0.39, 0.29) is 0 Å². The largest absolute Gasteiger partial charge is 0.314 e. The van der Waals surface area contributed by atoms with Gasteiger partial charge in [-0.3, -0.25) is 0 Å². The summed E-state index contributed by atoms with van der Waals surface area (Å²) >= 11 is 0. The van der Waals surface area contributed by atoms with E-state index in [2.05, 4.69) is 56.4 Å². The lowest BCUT2D eigenvalue weighted by molar-refractivity contribution is 0.385. The second kappa shape index (κ2) is 5.88. The van der Waals surface area contributed by atoms with Crippen molar-refractivity contribution in [1.29, 1.82) is 0 Å². The predicted octanol–water partition coefficient (Wildman–Crippen LogP) is 4.03. The Morgan fingerprint density at radius 3 is 2.50 bits per heavy atom. The van der Waals surface area contributed by atoms with E-state index >= 15 is 0 Å². The van der Waals surface area contributed by atoms with Crippen LogP contribution in [0, 0.1) is 11.3 Å². The fraction of sp³-hybridized carbons (Fsp3) is 0.647. The highest BCUT2D eigenvalue weighted by atomic mass is 14.9. The Hall–Kier alpha value is -0.820. The summed E-state index contributed by atoms with van der Waals surface area (Å²) in [6, 6.07) is 11.6. The van der Waals surface area contributed by atoms with Gasteiger partial charge in [-0.15, -0.1) is 0 Å². The molecule has 1 aliphatic carbocycles. The van der Waals surface area contributed by atoms with E-state index in [0.29, 0.717) is 11.5 Å². The number of benzene rings is 1. The van der Waals surface area contributed by atoms with Gasteiger partial charge in [-0.1, -0.05) is 51.1 Å². The van der Waals surface area contributed by atoms with Crippen LogP contribution < -0.4 is 5.32 Å². The topological polar surface area (TPSA) is 12.0 Å². The van der Waals surface area contributed by atoms with Gasteiger partial charge in [-0.25, -0.2) is 0 Å². The molecule has 1 N–H and O–H groups in total. The van der Waals surface area contributed by atoms with Gasteiger partial charge in [0.15, 0.2) is 0 Å². The molecule has 1 aromatic carbocycles. The Morgan fingerprint density at radius 2 is 1.94 bits per heavy atom. The van der Waals surface area contributed by atoms with Crippen LogP contribution in [-0.4, -0.2) is 12.6 Å². The number of hydrogen-bond acceptors (Lipinski definition) is 1. The quantitative estimate of drug-likeness (QED) is 0.764. The summed E-state index contributed by atoms with van der Waals surface area (Å²) in [5, 5.41) is 3.76. The molecule has 0 radical (unpaired) electrons. The summed E-state index contributed by atoms with van der Waals surface area (Å²) in [7, 11) is 0. The van der Waals surface area contributed by atoms with Gasteiger partial charge >= 0.3 is 0 Å². The van der Waals surface area contributed by atoms with Crippen molar-refractivity contribution in [2.24, 2.45) is 11.3 Å². The van der Waals surface area contributed by atoms with Crippen molar-refractivity contribution in [3.05, 3.63) is 35.9 Å². The molecule has 0 aliphatic heterocycles. The molecule has 0 bridgehead atoms. The molecule has 1 saturated carbocycles. The van der Waals surface area contributed by atoms with E-state index in [1.807, 2.05) is 0 Å². The minimum atomic E-state index is 0.572. The van der Waals surface area contributed by atoms with Gasteiger partial charge in [0.2, 0.25) is 0 Å². The number of nitrogens with one attached hydrogen (secondary N) is 1. The standard InChI is InChI=1S/C17H27N/c1-4-12-18-16(15-13-17(15,2)3)11-10-14-8-6-5-7-9-14/h5-9,15-16,18H,4,10-13H2,1-3H3. The number of rotatable bonds is 7. The van der Waals surface area contributed by atoms with Gasteiger partial charge in [0.05, 0.1) is 0 Å². The molecule has 2 atom stereocenters. The van der Waals surface area contributed by atoms with E-state index in [0.717, 1.165) is 12.5 Å². The lowest BCUT2D eigenvalue weighted by Crippen LogP contribution is -2.33. The molecule has 0 amide bonds. The molecular formula is C17H27N. The minimum Gasteiger partial charge on any atom is -0.314 e. The molecule has 1 aliphatic rings. The highest BCUT2D eigenvalue weighted by Crippen LogP contribution is 2.54. The highest BCUT2D eigenvalue weighted by molar-refractivity contribution is 5.15. The SMILES string of the molecule is CCCNC(CCc1ccccc1)C1CC1(C)C. The van der Waals surface area contributed by atoms with Gasteiger partial charge in [-0.05, 0) is 49.1 Å². The lowest BCUT2D eigenvalue weighted by atomic mass is 9.97. The van der Waals surface area contributed by atoms with Crippen LogP contribution in [0.4, 0.5) is 0 Å². The normalized spacial score (nSPS) is 22.7. The van der Waals surface area contributed by atoms with Crippen molar-refractivity contribution in [2.75, 3.05) is 6.54 Å². The van der Waals surface area contributed by atoms with E-state index < -0.39 is 0 Å². The third kappa shape index (κ3) is 3.58. The Kier molecular flexibility index (Phi) is 4.45. The number of hydrogen-bond donors (Lipinski definition) is 1. The van der Waals surface area contributed by atoms with Crippen LogP contribution in [0.25, 0.3) is 0 Å². The van der Waals surface area contributed by atoms with Crippen molar-refractivity contribution >= 4 is 0 Å². The molecule has 0 heterocycles. The molecule has 100 valence electrons. The zero-order chi connectivity index (χ0) is 13.0. The lowest BCUT2D eigenvalue weighted by Gasteiger charge is -2.20. The number of aryl methyl sites for hydroxylation is 1. The van der Waals surface area contributed by atoms with Crippen molar-refractivity contribution in [2.45, 2.75) is 52.5 Å². The smallest absolute Gasteiger partial charge is 0.0104 e. The third-order valence-electron chi connectivity index (χ3n) is 4.32. The summed E-state index contributed by atoms with van der Waals surface area (Å²) in [5.41, 5.74) is 2.04. The Morgan fingerprint density at radius 1 is 1.28 bits per heavy atom. The Labute approximate surface area is 112 Å². The van der Waals surface area contributed by atoms with Crippen molar-refractivity contribution in [3.63, 3.8) is 0 Å². The third-order valence-corrected chi connectivity index (χ3v) is 4.32. The van der Waals surface area contributed by atoms with Crippen molar-refractivity contribution in [1.82, 2.24) is 5.32 Å². The molecule has 1 heteroatoms. The Bertz CT molecular complexity index is 355. The first-order valence-corrected chi connectivity index (χ1v) is 7.41. The monoisotopic (exact) mass is 245 g/mol. The van der Waals surface area contributed by atoms with E-state index in [1.165, 1.54) is 31.2 Å². The second-order valence-corrected chi connectivity index (χ2v) is 6.38. The average Bonchev–Trinajstić information content (AvgIpc) is 3.00. The van der Waals surface area contributed by atoms with Crippen LogP contribution in [0.15, 0.2) is 30.3 Å². The molecular weight excluding hydrogens is 218 g/mol. The fourth-order valence-corrected chi connectivity index (χ4v) is 2.94. The summed E-state index contributed by atoms with van der Waals surface area (Å²) in [5.74, 6) is 0.882. The Balaban J connectivity index is 1.86. The van der Waals surface area contributed by atoms with Gasteiger partial charge in [-0.2, -0.15) is 0 Å². The summed E-state index contributed by atoms with van der Waals surface area (Å²) < 4.78 is 0. The molecule has 2 rings (SSSR count). The van der Waals surface area contributed by atoms with Gasteiger partial charge in [0.1, 0.15) is 0 Å². The summed E-state index contributed by atoms with van der Waals surface area (Å²) in [6.07, 6.45) is 5.10. The van der Waals surface area contributed by atoms with Gasteiger partial charge in [0.25, 0.3) is 0 Å². The zero-order valence-corrected chi connectivity index (χ0v) is 12.1. The molecule has 1 nitrogen and oxygen atoms in total. The van der Waals surface area contributed by atoms with Crippen LogP contribution in [0.2, 0.25) is 0 Å². The fourth-order valence-electron chi connectivity index (χ4n) is 2.94. The van der Waals surface area contributed by atoms with Gasteiger partial charge in [0, 0.05) is 6.04 Å². The maximum absolute atomic E-state index is 3.76. The summed E-state index contributed by atoms with van der Waals surface area (Å²) in [6.45, 7) is 8.22. The molecule has 1 fully saturated rings. The molecule has 0 spiro atoms. The van der Waals surface area contributed by atoms with Crippen LogP contribution in [0.1, 0.15) is 45.6 Å². The first-order chi connectivity index (χ1) is 8.63. The van der Waals surface area contributed by atoms with Crippen molar-refractivity contribution in [3.8, 4) is 0 Å². The van der Waals surface area contributed by atoms with Crippen LogP contribution in [0.3, 0.4) is 0 Å². The van der Waals surface area contributed by atoms with Crippen LogP contribution in [-0.2, 0) is 6.42 Å². The van der Waals surface area contributed by atoms with E-state index in [9.17, 15) is 0 Å². The first-order valence-electron chi connectivity index (χ1n) is 7.41. The molecule has 0 saturated heterocycles. The molecule has 1 aromatic rings. The first kappa shape index (κ1) is 13.6. The molecule has 0 aromatic heterocycles. The maximum atomic E-state index is 3.76. The molecule has 2 unspecified atom stereocenters. The van der Waals surface area contributed by atoms with Crippen LogP contribution in [0.5, 0.6) is 0 Å². The van der Waals surface area contributed by atoms with E-state index in [4.69, 9.17) is 0 Å². The summed E-state index contributed by atoms with van der Waals surface area (Å²) in [4.78, 5) is 0. The van der Waals surface area contributed by atoms with Gasteiger partial charge < -0.3 is 5.32 Å². The average molecular weight is 245 g/mol. The highest BCUT2D eigenvalue weighted by Gasteiger charge is 2.49. The van der Waals surface area contributed by atoms with E-state index in [1.54, 1.807) is 0 Å². The zero-order valence-electron chi connectivity index (χ0n) is 12.1. The van der Waals surface area contributed by atoms with Crippen LogP contribution >= 0.6 is 0 Å². The molecule has 18 heavy (non-hydrogen) atoms. The van der Waals surface area contributed by atoms with Crippen molar-refractivity contribution < 1.29 is 0 Å². The maximum Gasteiger partial charge on any atom is 0.0104 e. The minimum absolute atomic E-state index is 0.572. The predicted molar refractivity (Wildman–Crippen MR) is 78.7 cm³/mol.